The number of carbonyl (C=O) groups is 2. The number of unbranched alkanes of at least 4 members (excludes halogenated alkanes) is 4. The van der Waals surface area contributed by atoms with Crippen LogP contribution in [0.3, 0.4) is 0 Å². The lowest BCUT2D eigenvalue weighted by Gasteiger charge is -2.15. The highest BCUT2D eigenvalue weighted by Crippen LogP contribution is 2.10. The zero-order valence-electron chi connectivity index (χ0n) is 38.0. The number of amides is 2. The Morgan fingerprint density at radius 1 is 0.726 bits per heavy atom. The van der Waals surface area contributed by atoms with Gasteiger partial charge in [0.25, 0.3) is 0 Å². The molecule has 0 radical (unpaired) electrons. The van der Waals surface area contributed by atoms with Gasteiger partial charge in [-0.2, -0.15) is 23.5 Å². The number of ether oxygens (including phenoxy) is 6. The molecule has 0 aliphatic heterocycles. The zero-order valence-corrected chi connectivity index (χ0v) is 42.0. The van der Waals surface area contributed by atoms with E-state index < -0.39 is 0 Å². The number of hydrogen-bond acceptors (Lipinski definition) is 13. The van der Waals surface area contributed by atoms with Crippen molar-refractivity contribution in [3.8, 4) is 0 Å². The molecule has 370 valence electrons. The third-order valence-electron chi connectivity index (χ3n) is 8.17. The summed E-state index contributed by atoms with van der Waals surface area (Å²) in [6.45, 7) is 11.8. The van der Waals surface area contributed by atoms with Crippen LogP contribution in [0.25, 0.3) is 0 Å². The van der Waals surface area contributed by atoms with Gasteiger partial charge in [0.1, 0.15) is 0 Å². The van der Waals surface area contributed by atoms with Crippen molar-refractivity contribution >= 4 is 53.7 Å². The Morgan fingerprint density at radius 3 is 1.58 bits per heavy atom. The number of carbonyl (C=O) groups excluding carboxylic acids is 2. The molecule has 0 unspecified atom stereocenters. The van der Waals surface area contributed by atoms with E-state index in [0.29, 0.717) is 78.4 Å². The van der Waals surface area contributed by atoms with E-state index in [1.54, 1.807) is 32.7 Å². The van der Waals surface area contributed by atoms with E-state index in [1.807, 2.05) is 43.4 Å². The van der Waals surface area contributed by atoms with Crippen LogP contribution in [0.2, 0.25) is 0 Å². The van der Waals surface area contributed by atoms with Gasteiger partial charge in [-0.3, -0.25) is 20.7 Å². The average molecular weight is 990 g/mol. The monoisotopic (exact) mass is 987 g/mol. The Kier molecular flexibility index (Phi) is 61.9. The number of halogens is 3. The first-order valence-electron chi connectivity index (χ1n) is 21.1. The summed E-state index contributed by atoms with van der Waals surface area (Å²) in [5.41, 5.74) is 19.7. The highest BCUT2D eigenvalue weighted by Gasteiger charge is 2.17. The van der Waals surface area contributed by atoms with E-state index in [2.05, 4.69) is 21.5 Å². The number of hydrogen-bond donors (Lipinski definition) is 7. The van der Waals surface area contributed by atoms with Crippen LogP contribution in [0.5, 0.6) is 0 Å². The van der Waals surface area contributed by atoms with E-state index in [-0.39, 0.29) is 66.8 Å². The second kappa shape index (κ2) is 55.4. The number of aromatic nitrogens is 2. The van der Waals surface area contributed by atoms with Gasteiger partial charge in [-0.05, 0) is 74.3 Å². The lowest BCUT2D eigenvalue weighted by molar-refractivity contribution is -0.360. The lowest BCUT2D eigenvalue weighted by atomic mass is 10.1. The largest absolute Gasteiger partial charge is 1.00 e. The van der Waals surface area contributed by atoms with E-state index in [9.17, 15) is 9.59 Å². The minimum Gasteiger partial charge on any atom is -1.00 e. The first-order chi connectivity index (χ1) is 28.7. The van der Waals surface area contributed by atoms with Crippen molar-refractivity contribution in [1.29, 1.82) is 0 Å². The van der Waals surface area contributed by atoms with Crippen LogP contribution >= 0.6 is 35.9 Å². The molecule has 0 aliphatic carbocycles. The number of quaternary nitrogens is 1. The maximum Gasteiger partial charge on any atom is 0.369 e. The molecular weight excluding hydrogens is 905 g/mol. The topological polar surface area (TPSA) is 263 Å². The number of nitrogens with zero attached hydrogens (tertiary/aromatic N) is 2. The highest BCUT2D eigenvalue weighted by atomic mass is 35.5. The van der Waals surface area contributed by atoms with Gasteiger partial charge in [0.2, 0.25) is 11.8 Å². The smallest absolute Gasteiger partial charge is 0.369 e. The SMILES string of the molecule is CC[C@@H](COCCCCCSCCC=C(N)N)C(=O)NCCOCCOC.CC[C@@H](COCCCCCSCC[NH3+])C(=O)NCCOCCOC.Cl.NC(=[NH2+])n1cccn1.[Cl-].[Cl-]. The number of rotatable bonds is 37. The molecule has 1 aromatic rings. The van der Waals surface area contributed by atoms with Gasteiger partial charge in [-0.15, -0.1) is 22.2 Å². The van der Waals surface area contributed by atoms with Crippen molar-refractivity contribution in [2.75, 3.05) is 123 Å². The van der Waals surface area contributed by atoms with E-state index in [0.717, 1.165) is 68.9 Å². The van der Waals surface area contributed by atoms with E-state index in [4.69, 9.17) is 51.0 Å². The normalized spacial score (nSPS) is 11.1. The fourth-order valence-corrected chi connectivity index (χ4v) is 6.40. The summed E-state index contributed by atoms with van der Waals surface area (Å²) in [6, 6.07) is 1.75. The first-order valence-corrected chi connectivity index (χ1v) is 23.4. The maximum atomic E-state index is 12.1. The molecule has 0 saturated heterocycles. The number of nitrogens with two attached hydrogens (primary N) is 4. The Bertz CT molecular complexity index is 1130. The molecule has 22 heteroatoms. The van der Waals surface area contributed by atoms with Crippen molar-refractivity contribution in [2.45, 2.75) is 71.6 Å². The number of thioether (sulfide) groups is 2. The van der Waals surface area contributed by atoms with Gasteiger partial charge in [0.15, 0.2) is 0 Å². The summed E-state index contributed by atoms with van der Waals surface area (Å²) in [6.07, 6.45) is 14.5. The molecule has 0 bridgehead atoms. The van der Waals surface area contributed by atoms with E-state index in [1.165, 1.54) is 29.7 Å². The molecule has 2 amide bonds. The molecule has 13 N–H and O–H groups in total. The fourth-order valence-electron chi connectivity index (χ4n) is 4.69. The Labute approximate surface area is 400 Å². The molecular formula is C40H84Cl3N9O8S2. The quantitative estimate of drug-likeness (QED) is 0.0187. The predicted molar refractivity (Wildman–Crippen MR) is 248 cm³/mol. The molecule has 0 saturated carbocycles. The Morgan fingerprint density at radius 2 is 1.21 bits per heavy atom. The van der Waals surface area contributed by atoms with Crippen molar-refractivity contribution in [3.63, 3.8) is 0 Å². The van der Waals surface area contributed by atoms with Crippen molar-refractivity contribution < 1.29 is 74.0 Å². The minimum atomic E-state index is -0.0948. The van der Waals surface area contributed by atoms with Crippen LogP contribution in [0.1, 0.15) is 71.6 Å². The second-order valence-corrected chi connectivity index (χ2v) is 15.7. The summed E-state index contributed by atoms with van der Waals surface area (Å²) >= 11 is 3.89. The van der Waals surface area contributed by atoms with Crippen LogP contribution in [0.4, 0.5) is 0 Å². The van der Waals surface area contributed by atoms with Crippen LogP contribution in [0.15, 0.2) is 30.4 Å². The summed E-state index contributed by atoms with van der Waals surface area (Å²) in [5.74, 6) is 5.08. The molecule has 2 atom stereocenters. The molecule has 0 spiro atoms. The van der Waals surface area contributed by atoms with Gasteiger partial charge in [-0.1, -0.05) is 26.7 Å². The fraction of sp³-hybridized carbons (Fsp3) is 0.800. The lowest BCUT2D eigenvalue weighted by Crippen LogP contribution is -3.00. The maximum absolute atomic E-state index is 12.1. The second-order valence-electron chi connectivity index (χ2n) is 13.2. The van der Waals surface area contributed by atoms with Gasteiger partial charge in [-0.25, -0.2) is 0 Å². The zero-order chi connectivity index (χ0) is 44.0. The third kappa shape index (κ3) is 49.3. The summed E-state index contributed by atoms with van der Waals surface area (Å²) in [5, 5.41) is 14.7. The molecule has 0 aliphatic rings. The van der Waals surface area contributed by atoms with Gasteiger partial charge in [0.05, 0.1) is 89.5 Å². The van der Waals surface area contributed by atoms with Crippen molar-refractivity contribution in [3.05, 3.63) is 30.4 Å². The molecule has 1 rings (SSSR count). The van der Waals surface area contributed by atoms with Gasteiger partial charge < -0.3 is 81.1 Å². The number of allylic oxidation sites excluding steroid dienone is 1. The molecule has 0 fully saturated rings. The molecule has 0 aromatic carbocycles. The predicted octanol–water partition coefficient (Wildman–Crippen LogP) is -4.95. The number of methoxy groups -OCH3 is 2. The third-order valence-corrected chi connectivity index (χ3v) is 10.4. The summed E-state index contributed by atoms with van der Waals surface area (Å²) in [7, 11) is 3.27. The summed E-state index contributed by atoms with van der Waals surface area (Å²) < 4.78 is 33.2. The van der Waals surface area contributed by atoms with Crippen molar-refractivity contribution in [2.24, 2.45) is 29.0 Å². The molecule has 1 aromatic heterocycles. The highest BCUT2D eigenvalue weighted by molar-refractivity contribution is 7.99. The molecule has 62 heavy (non-hydrogen) atoms. The van der Waals surface area contributed by atoms with Crippen LogP contribution in [-0.2, 0) is 38.0 Å². The van der Waals surface area contributed by atoms with Gasteiger partial charge >= 0.3 is 5.96 Å². The van der Waals surface area contributed by atoms with Crippen molar-refractivity contribution in [1.82, 2.24) is 20.4 Å². The summed E-state index contributed by atoms with van der Waals surface area (Å²) in [4.78, 5) is 24.2. The Balaban J connectivity index is -0.000000284. The number of nitrogens with one attached hydrogen (secondary N) is 2. The standard InChI is InChI=1S/C19H39N3O4S.C17H36N2O4S.C4H6N4.3ClH/c1-3-17(19(23)22-9-11-25-13-12-24-2)16-26-10-5-4-6-14-27-15-7-8-18(20)21;1-3-16(17(20)19-8-10-22-12-11-21-2)15-23-9-5-4-6-13-24-14-7-18;5-4(6)8-3-1-2-7-8;;;/h8,17H,3-7,9-16,20-21H2,1-2H3,(H,22,23);16H,3-15,18H2,1-2H3,(H,19,20);1-3H,(H3,5,6);3*1H/t17-;16-;;;;/m00..../s1. The Hall–Kier alpha value is -1.75. The van der Waals surface area contributed by atoms with Crippen LogP contribution in [0, 0.1) is 11.8 Å². The first kappa shape index (κ1) is 69.3. The van der Waals surface area contributed by atoms with E-state index >= 15 is 0 Å². The molecule has 17 nitrogen and oxygen atoms in total. The van der Waals surface area contributed by atoms with Gasteiger partial charge in [0, 0.05) is 46.3 Å². The minimum absolute atomic E-state index is 0. The molecule has 1 heterocycles. The average Bonchev–Trinajstić information content (AvgIpc) is 3.78. The van der Waals surface area contributed by atoms with Crippen LogP contribution in [-0.4, -0.2) is 150 Å². The van der Waals surface area contributed by atoms with Crippen LogP contribution < -0.4 is 63.8 Å².